The molecule has 0 atom stereocenters. The van der Waals surface area contributed by atoms with Crippen LogP contribution in [0.1, 0.15) is 21.5 Å². The molecule has 0 saturated carbocycles. The van der Waals surface area contributed by atoms with Crippen molar-refractivity contribution in [3.8, 4) is 11.1 Å². The Morgan fingerprint density at radius 1 is 1.08 bits per heavy atom. The van der Waals surface area contributed by atoms with E-state index >= 15 is 0 Å². The first kappa shape index (κ1) is 16.0. The van der Waals surface area contributed by atoms with E-state index < -0.39 is 0 Å². The lowest BCUT2D eigenvalue weighted by Gasteiger charge is -2.08. The van der Waals surface area contributed by atoms with Gasteiger partial charge in [-0.25, -0.2) is 0 Å². The van der Waals surface area contributed by atoms with Gasteiger partial charge in [0, 0.05) is 30.9 Å². The van der Waals surface area contributed by atoms with Gasteiger partial charge >= 0.3 is 0 Å². The van der Waals surface area contributed by atoms with Gasteiger partial charge in [0.15, 0.2) is 0 Å². The minimum atomic E-state index is -0.0138. The molecule has 0 saturated heterocycles. The predicted molar refractivity (Wildman–Crippen MR) is 95.9 cm³/mol. The van der Waals surface area contributed by atoms with Crippen molar-refractivity contribution < 1.29 is 4.79 Å². The van der Waals surface area contributed by atoms with Gasteiger partial charge in [0.1, 0.15) is 0 Å². The van der Waals surface area contributed by atoms with E-state index in [0.29, 0.717) is 6.54 Å². The number of hydrogen-bond donors (Lipinski definition) is 1. The summed E-state index contributed by atoms with van der Waals surface area (Å²) in [6, 6.07) is 16.0. The topological polar surface area (TPSA) is 46.9 Å². The molecule has 1 amide bonds. The summed E-state index contributed by atoms with van der Waals surface area (Å²) < 4.78 is 1.80. The summed E-state index contributed by atoms with van der Waals surface area (Å²) in [5.74, 6) is -0.0138. The summed E-state index contributed by atoms with van der Waals surface area (Å²) in [6.07, 6.45) is 4.67. The molecule has 1 heterocycles. The average Bonchev–Trinajstić information content (AvgIpc) is 3.02. The van der Waals surface area contributed by atoms with Crippen molar-refractivity contribution in [3.63, 3.8) is 0 Å². The van der Waals surface area contributed by atoms with Crippen molar-refractivity contribution in [2.75, 3.05) is 6.54 Å². The quantitative estimate of drug-likeness (QED) is 0.784. The summed E-state index contributed by atoms with van der Waals surface area (Å²) in [5, 5.41) is 7.18. The first-order chi connectivity index (χ1) is 11.6. The molecule has 0 aliphatic heterocycles. The summed E-state index contributed by atoms with van der Waals surface area (Å²) in [4.78, 5) is 12.2. The highest BCUT2D eigenvalue weighted by Crippen LogP contribution is 2.18. The number of carbonyl (C=O) groups is 1. The maximum absolute atomic E-state index is 12.2. The molecule has 0 radical (unpaired) electrons. The standard InChI is InChI=1S/C20H21N3O/c1-15-5-3-4-6-19(15)20(24)21-12-11-16-7-9-17(10-8-16)18-13-22-23(2)14-18/h3-10,13-14H,11-12H2,1-2H3,(H,21,24). The van der Waals surface area contributed by atoms with Crippen LogP contribution in [0.4, 0.5) is 0 Å². The summed E-state index contributed by atoms with van der Waals surface area (Å²) in [5.41, 5.74) is 5.20. The van der Waals surface area contributed by atoms with E-state index in [1.54, 1.807) is 4.68 Å². The van der Waals surface area contributed by atoms with Gasteiger partial charge in [0.25, 0.3) is 5.91 Å². The Morgan fingerprint density at radius 3 is 2.50 bits per heavy atom. The fourth-order valence-corrected chi connectivity index (χ4v) is 2.68. The fraction of sp³-hybridized carbons (Fsp3) is 0.200. The van der Waals surface area contributed by atoms with Gasteiger partial charge < -0.3 is 5.32 Å². The van der Waals surface area contributed by atoms with Crippen LogP contribution in [0, 0.1) is 6.92 Å². The first-order valence-electron chi connectivity index (χ1n) is 8.05. The number of carbonyl (C=O) groups excluding carboxylic acids is 1. The molecule has 0 bridgehead atoms. The van der Waals surface area contributed by atoms with Crippen molar-refractivity contribution in [1.29, 1.82) is 0 Å². The minimum absolute atomic E-state index is 0.0138. The lowest BCUT2D eigenvalue weighted by molar-refractivity contribution is 0.0953. The molecule has 0 aliphatic rings. The van der Waals surface area contributed by atoms with Crippen LogP contribution in [0.3, 0.4) is 0 Å². The van der Waals surface area contributed by atoms with Crippen molar-refractivity contribution in [2.24, 2.45) is 7.05 Å². The van der Waals surface area contributed by atoms with Crippen molar-refractivity contribution in [3.05, 3.63) is 77.6 Å². The van der Waals surface area contributed by atoms with Crippen LogP contribution in [-0.4, -0.2) is 22.2 Å². The smallest absolute Gasteiger partial charge is 0.251 e. The minimum Gasteiger partial charge on any atom is -0.352 e. The molecule has 3 aromatic rings. The van der Waals surface area contributed by atoms with Crippen molar-refractivity contribution in [2.45, 2.75) is 13.3 Å². The molecule has 4 heteroatoms. The number of amides is 1. The third kappa shape index (κ3) is 3.71. The van der Waals surface area contributed by atoms with Gasteiger partial charge in [-0.15, -0.1) is 0 Å². The number of aromatic nitrogens is 2. The molecule has 0 unspecified atom stereocenters. The van der Waals surface area contributed by atoms with Crippen LogP contribution in [0.15, 0.2) is 60.9 Å². The van der Waals surface area contributed by atoms with E-state index in [1.165, 1.54) is 5.56 Å². The first-order valence-corrected chi connectivity index (χ1v) is 8.05. The number of hydrogen-bond acceptors (Lipinski definition) is 2. The lowest BCUT2D eigenvalue weighted by Crippen LogP contribution is -2.26. The second kappa shape index (κ2) is 7.13. The average molecular weight is 319 g/mol. The van der Waals surface area contributed by atoms with E-state index in [-0.39, 0.29) is 5.91 Å². The van der Waals surface area contributed by atoms with Crippen LogP contribution < -0.4 is 5.32 Å². The van der Waals surface area contributed by atoms with E-state index in [4.69, 9.17) is 0 Å². The van der Waals surface area contributed by atoms with E-state index in [9.17, 15) is 4.79 Å². The molecular weight excluding hydrogens is 298 g/mol. The van der Waals surface area contributed by atoms with Gasteiger partial charge in [-0.05, 0) is 36.1 Å². The summed E-state index contributed by atoms with van der Waals surface area (Å²) in [6.45, 7) is 2.57. The largest absolute Gasteiger partial charge is 0.352 e. The summed E-state index contributed by atoms with van der Waals surface area (Å²) >= 11 is 0. The van der Waals surface area contributed by atoms with Crippen LogP contribution in [0.25, 0.3) is 11.1 Å². The van der Waals surface area contributed by atoms with Crippen molar-refractivity contribution in [1.82, 2.24) is 15.1 Å². The molecule has 1 N–H and O–H groups in total. The van der Waals surface area contributed by atoms with Crippen LogP contribution in [0.2, 0.25) is 0 Å². The predicted octanol–water partition coefficient (Wildman–Crippen LogP) is 3.37. The lowest BCUT2D eigenvalue weighted by atomic mass is 10.1. The second-order valence-corrected chi connectivity index (χ2v) is 5.92. The van der Waals surface area contributed by atoms with Gasteiger partial charge in [0.2, 0.25) is 0 Å². The number of nitrogens with one attached hydrogen (secondary N) is 1. The SMILES string of the molecule is Cc1ccccc1C(=O)NCCc1ccc(-c2cnn(C)c2)cc1. The third-order valence-corrected chi connectivity index (χ3v) is 4.08. The Balaban J connectivity index is 1.55. The molecule has 3 rings (SSSR count). The third-order valence-electron chi connectivity index (χ3n) is 4.08. The van der Waals surface area contributed by atoms with Crippen molar-refractivity contribution >= 4 is 5.91 Å². The molecule has 122 valence electrons. The zero-order chi connectivity index (χ0) is 16.9. The highest BCUT2D eigenvalue weighted by atomic mass is 16.1. The molecule has 1 aromatic heterocycles. The monoisotopic (exact) mass is 319 g/mol. The van der Waals surface area contributed by atoms with E-state index in [0.717, 1.165) is 28.7 Å². The van der Waals surface area contributed by atoms with Crippen LogP contribution in [-0.2, 0) is 13.5 Å². The normalized spacial score (nSPS) is 10.6. The maximum Gasteiger partial charge on any atom is 0.251 e. The van der Waals surface area contributed by atoms with E-state index in [2.05, 4.69) is 34.7 Å². The molecule has 0 aliphatic carbocycles. The highest BCUT2D eigenvalue weighted by molar-refractivity contribution is 5.95. The molecule has 24 heavy (non-hydrogen) atoms. The Hall–Kier alpha value is -2.88. The van der Waals surface area contributed by atoms with Gasteiger partial charge in [-0.2, -0.15) is 5.10 Å². The fourth-order valence-electron chi connectivity index (χ4n) is 2.68. The number of rotatable bonds is 5. The number of benzene rings is 2. The number of nitrogens with zero attached hydrogens (tertiary/aromatic N) is 2. The zero-order valence-electron chi connectivity index (χ0n) is 14.0. The van der Waals surface area contributed by atoms with Crippen LogP contribution in [0.5, 0.6) is 0 Å². The molecule has 2 aromatic carbocycles. The van der Waals surface area contributed by atoms with Gasteiger partial charge in [-0.1, -0.05) is 42.5 Å². The van der Waals surface area contributed by atoms with Gasteiger partial charge in [-0.3, -0.25) is 9.48 Å². The Morgan fingerprint density at radius 2 is 1.83 bits per heavy atom. The van der Waals surface area contributed by atoms with Gasteiger partial charge in [0.05, 0.1) is 6.20 Å². The second-order valence-electron chi connectivity index (χ2n) is 5.92. The zero-order valence-corrected chi connectivity index (χ0v) is 14.0. The Bertz CT molecular complexity index is 834. The summed E-state index contributed by atoms with van der Waals surface area (Å²) in [7, 11) is 1.91. The van der Waals surface area contributed by atoms with E-state index in [1.807, 2.05) is 50.6 Å². The molecule has 4 nitrogen and oxygen atoms in total. The Labute approximate surface area is 142 Å². The Kier molecular flexibility index (Phi) is 4.75. The molecule has 0 fully saturated rings. The maximum atomic E-state index is 12.2. The molecular formula is C20H21N3O. The number of aryl methyl sites for hydroxylation is 2. The highest BCUT2D eigenvalue weighted by Gasteiger charge is 2.07. The van der Waals surface area contributed by atoms with Crippen LogP contribution >= 0.6 is 0 Å². The molecule has 0 spiro atoms.